The van der Waals surface area contributed by atoms with Gasteiger partial charge in [-0.05, 0) is 32.1 Å². The molecule has 1 aliphatic carbocycles. The summed E-state index contributed by atoms with van der Waals surface area (Å²) < 4.78 is 5.40. The van der Waals surface area contributed by atoms with E-state index < -0.39 is 0 Å². The Balaban J connectivity index is 1.77. The Morgan fingerprint density at radius 2 is 2.00 bits per heavy atom. The van der Waals surface area contributed by atoms with Gasteiger partial charge in [0.25, 0.3) is 0 Å². The highest BCUT2D eigenvalue weighted by atomic mass is 16.5. The number of carbonyl (C=O) groups is 2. The van der Waals surface area contributed by atoms with Crippen LogP contribution in [0.25, 0.3) is 0 Å². The van der Waals surface area contributed by atoms with Gasteiger partial charge >= 0.3 is 5.97 Å². The number of esters is 1. The molecule has 0 N–H and O–H groups in total. The van der Waals surface area contributed by atoms with E-state index in [1.54, 1.807) is 0 Å². The summed E-state index contributed by atoms with van der Waals surface area (Å²) in [5.41, 5.74) is 0.0772. The molecule has 25 heavy (non-hydrogen) atoms. The van der Waals surface area contributed by atoms with Crippen molar-refractivity contribution >= 4 is 11.8 Å². The standard InChI is InChI=1S/C21H35NO3/c1-3-4-5-6-9-17-14-20(24)19-10-7-8-12-21(19)13-11-18(22(17)21)15-25-16(2)23/h17-19H,3-15H2,1-2H3. The number of hydrogen-bond acceptors (Lipinski definition) is 4. The van der Waals surface area contributed by atoms with Gasteiger partial charge in [0.1, 0.15) is 12.4 Å². The zero-order chi connectivity index (χ0) is 17.9. The molecule has 142 valence electrons. The number of nitrogens with zero attached hydrogens (tertiary/aromatic N) is 1. The molecule has 2 saturated heterocycles. The summed E-state index contributed by atoms with van der Waals surface area (Å²) in [6.45, 7) is 4.24. The summed E-state index contributed by atoms with van der Waals surface area (Å²) in [4.78, 5) is 26.9. The number of unbranched alkanes of at least 4 members (excludes halogenated alkanes) is 3. The summed E-state index contributed by atoms with van der Waals surface area (Å²) in [5.74, 6) is 0.564. The number of ether oxygens (including phenoxy) is 1. The van der Waals surface area contributed by atoms with Crippen LogP contribution in [0.3, 0.4) is 0 Å². The summed E-state index contributed by atoms with van der Waals surface area (Å²) in [7, 11) is 0. The van der Waals surface area contributed by atoms with Crippen molar-refractivity contribution in [2.75, 3.05) is 6.61 Å². The zero-order valence-corrected chi connectivity index (χ0v) is 16.1. The van der Waals surface area contributed by atoms with Crippen LogP contribution in [0.4, 0.5) is 0 Å². The van der Waals surface area contributed by atoms with Gasteiger partial charge in [-0.2, -0.15) is 0 Å². The van der Waals surface area contributed by atoms with E-state index in [-0.39, 0.29) is 17.4 Å². The second kappa shape index (κ2) is 8.20. The van der Waals surface area contributed by atoms with Gasteiger partial charge in [0.05, 0.1) is 0 Å². The first-order valence-electron chi connectivity index (χ1n) is 10.5. The minimum atomic E-state index is -0.186. The SMILES string of the molecule is CCCCCCC1CC(=O)C2CCCCC23CCC(COC(C)=O)N13. The fourth-order valence-electron chi connectivity index (χ4n) is 5.90. The normalized spacial score (nSPS) is 35.3. The van der Waals surface area contributed by atoms with E-state index in [0.717, 1.165) is 38.5 Å². The lowest BCUT2D eigenvalue weighted by molar-refractivity contribution is -0.151. The van der Waals surface area contributed by atoms with Gasteiger partial charge in [-0.25, -0.2) is 0 Å². The lowest BCUT2D eigenvalue weighted by Gasteiger charge is -2.55. The van der Waals surface area contributed by atoms with E-state index in [9.17, 15) is 9.59 Å². The molecule has 4 nitrogen and oxygen atoms in total. The predicted molar refractivity (Wildman–Crippen MR) is 98.4 cm³/mol. The number of hydrogen-bond donors (Lipinski definition) is 0. The van der Waals surface area contributed by atoms with Crippen molar-refractivity contribution in [3.8, 4) is 0 Å². The first-order chi connectivity index (χ1) is 12.1. The molecular formula is C21H35NO3. The van der Waals surface area contributed by atoms with Crippen LogP contribution in [0.2, 0.25) is 0 Å². The van der Waals surface area contributed by atoms with Crippen molar-refractivity contribution in [2.24, 2.45) is 5.92 Å². The number of Topliss-reactive ketones (excluding diaryl/α,β-unsaturated/α-hetero) is 1. The molecule has 0 amide bonds. The average molecular weight is 350 g/mol. The quantitative estimate of drug-likeness (QED) is 0.509. The fourth-order valence-corrected chi connectivity index (χ4v) is 5.90. The van der Waals surface area contributed by atoms with E-state index in [4.69, 9.17) is 4.74 Å². The Hall–Kier alpha value is -0.900. The van der Waals surface area contributed by atoms with Gasteiger partial charge in [0.15, 0.2) is 0 Å². The first kappa shape index (κ1) is 18.9. The molecule has 1 saturated carbocycles. The monoisotopic (exact) mass is 349 g/mol. The molecule has 0 bridgehead atoms. The number of ketones is 1. The third-order valence-electron chi connectivity index (χ3n) is 6.91. The van der Waals surface area contributed by atoms with Crippen LogP contribution < -0.4 is 0 Å². The maximum atomic E-state index is 12.9. The van der Waals surface area contributed by atoms with Gasteiger partial charge in [0.2, 0.25) is 0 Å². The topological polar surface area (TPSA) is 46.6 Å². The van der Waals surface area contributed by atoms with Crippen molar-refractivity contribution in [1.29, 1.82) is 0 Å². The molecule has 0 aromatic heterocycles. The minimum Gasteiger partial charge on any atom is -0.464 e. The van der Waals surface area contributed by atoms with Gasteiger partial charge in [-0.1, -0.05) is 45.4 Å². The molecule has 3 aliphatic rings. The molecule has 2 aliphatic heterocycles. The van der Waals surface area contributed by atoms with Crippen molar-refractivity contribution in [2.45, 2.75) is 109 Å². The Morgan fingerprint density at radius 3 is 2.76 bits per heavy atom. The van der Waals surface area contributed by atoms with Crippen molar-refractivity contribution < 1.29 is 14.3 Å². The van der Waals surface area contributed by atoms with Crippen LogP contribution in [-0.4, -0.2) is 40.9 Å². The maximum Gasteiger partial charge on any atom is 0.302 e. The first-order valence-corrected chi connectivity index (χ1v) is 10.5. The van der Waals surface area contributed by atoms with Crippen LogP contribution in [0.5, 0.6) is 0 Å². The van der Waals surface area contributed by atoms with E-state index in [2.05, 4.69) is 11.8 Å². The number of carbonyl (C=O) groups excluding carboxylic acids is 2. The molecular weight excluding hydrogens is 314 g/mol. The molecule has 0 aromatic carbocycles. The molecule has 4 heteroatoms. The molecule has 1 spiro atoms. The fraction of sp³-hybridized carbons (Fsp3) is 0.905. The Bertz CT molecular complexity index is 492. The van der Waals surface area contributed by atoms with Crippen molar-refractivity contribution in [3.05, 3.63) is 0 Å². The van der Waals surface area contributed by atoms with Crippen LogP contribution in [0.15, 0.2) is 0 Å². The number of rotatable bonds is 7. The zero-order valence-electron chi connectivity index (χ0n) is 16.1. The predicted octanol–water partition coefficient (Wildman–Crippen LogP) is 4.25. The summed E-state index contributed by atoms with van der Waals surface area (Å²) in [5, 5.41) is 0. The van der Waals surface area contributed by atoms with Gasteiger partial charge < -0.3 is 4.74 Å². The molecule has 0 radical (unpaired) electrons. The molecule has 0 aromatic rings. The third kappa shape index (κ3) is 3.79. The molecule has 3 fully saturated rings. The molecule has 3 rings (SSSR count). The Kier molecular flexibility index (Phi) is 6.19. The van der Waals surface area contributed by atoms with Crippen LogP contribution in [0.1, 0.15) is 90.9 Å². The highest BCUT2D eigenvalue weighted by molar-refractivity contribution is 5.84. The van der Waals surface area contributed by atoms with Gasteiger partial charge in [-0.3, -0.25) is 14.5 Å². The Labute approximate surface area is 152 Å². The lowest BCUT2D eigenvalue weighted by atomic mass is 9.65. The van der Waals surface area contributed by atoms with Crippen LogP contribution in [-0.2, 0) is 14.3 Å². The summed E-state index contributed by atoms with van der Waals surface area (Å²) in [6.07, 6.45) is 13.7. The van der Waals surface area contributed by atoms with Crippen molar-refractivity contribution in [3.63, 3.8) is 0 Å². The highest BCUT2D eigenvalue weighted by Gasteiger charge is 2.58. The van der Waals surface area contributed by atoms with E-state index >= 15 is 0 Å². The number of piperidine rings is 1. The maximum absolute atomic E-state index is 12.9. The molecule has 4 atom stereocenters. The largest absolute Gasteiger partial charge is 0.464 e. The summed E-state index contributed by atoms with van der Waals surface area (Å²) >= 11 is 0. The van der Waals surface area contributed by atoms with E-state index in [1.165, 1.54) is 45.4 Å². The van der Waals surface area contributed by atoms with Crippen molar-refractivity contribution in [1.82, 2.24) is 4.90 Å². The summed E-state index contributed by atoms with van der Waals surface area (Å²) in [6, 6.07) is 0.676. The molecule has 2 heterocycles. The average Bonchev–Trinajstić information content (AvgIpc) is 2.95. The van der Waals surface area contributed by atoms with Gasteiger partial charge in [-0.15, -0.1) is 0 Å². The van der Waals surface area contributed by atoms with Gasteiger partial charge in [0, 0.05) is 36.9 Å². The second-order valence-corrected chi connectivity index (χ2v) is 8.48. The smallest absolute Gasteiger partial charge is 0.302 e. The van der Waals surface area contributed by atoms with E-state index in [1.807, 2.05) is 0 Å². The van der Waals surface area contributed by atoms with Crippen LogP contribution >= 0.6 is 0 Å². The van der Waals surface area contributed by atoms with Crippen LogP contribution in [0, 0.1) is 5.92 Å². The second-order valence-electron chi connectivity index (χ2n) is 8.48. The Morgan fingerprint density at radius 1 is 1.16 bits per heavy atom. The lowest BCUT2D eigenvalue weighted by Crippen LogP contribution is -2.64. The minimum absolute atomic E-state index is 0.0772. The third-order valence-corrected chi connectivity index (χ3v) is 6.91. The van der Waals surface area contributed by atoms with E-state index in [0.29, 0.717) is 24.5 Å². The molecule has 4 unspecified atom stereocenters. The highest BCUT2D eigenvalue weighted by Crippen LogP contribution is 2.53.